The van der Waals surface area contributed by atoms with Crippen LogP contribution < -0.4 is 10.6 Å². The minimum absolute atomic E-state index is 0.208. The van der Waals surface area contributed by atoms with E-state index >= 15 is 0 Å². The first kappa shape index (κ1) is 16.8. The Morgan fingerprint density at radius 1 is 1.38 bits per heavy atom. The Bertz CT molecular complexity index is 453. The van der Waals surface area contributed by atoms with E-state index in [2.05, 4.69) is 58.0 Å². The molecule has 4 heteroatoms. The summed E-state index contributed by atoms with van der Waals surface area (Å²) in [5.41, 5.74) is 8.46. The third-order valence-corrected chi connectivity index (χ3v) is 4.99. The van der Waals surface area contributed by atoms with Crippen LogP contribution in [0.15, 0.2) is 22.7 Å². The van der Waals surface area contributed by atoms with Gasteiger partial charge in [0.2, 0.25) is 0 Å². The highest BCUT2D eigenvalue weighted by Gasteiger charge is 2.19. The molecule has 21 heavy (non-hydrogen) atoms. The van der Waals surface area contributed by atoms with Gasteiger partial charge in [0.25, 0.3) is 0 Å². The first-order valence-electron chi connectivity index (χ1n) is 7.89. The minimum Gasteiger partial charge on any atom is -0.373 e. The van der Waals surface area contributed by atoms with Crippen molar-refractivity contribution in [2.75, 3.05) is 38.6 Å². The van der Waals surface area contributed by atoms with Gasteiger partial charge in [0.1, 0.15) is 0 Å². The summed E-state index contributed by atoms with van der Waals surface area (Å²) in [5, 5.41) is 0. The molecule has 0 aromatic heterocycles. The topological polar surface area (TPSA) is 32.5 Å². The van der Waals surface area contributed by atoms with E-state index in [4.69, 9.17) is 5.73 Å². The van der Waals surface area contributed by atoms with Crippen LogP contribution in [0, 0.1) is 5.92 Å². The summed E-state index contributed by atoms with van der Waals surface area (Å²) >= 11 is 3.72. The maximum atomic E-state index is 5.88. The predicted molar refractivity (Wildman–Crippen MR) is 95.0 cm³/mol. The van der Waals surface area contributed by atoms with Crippen LogP contribution >= 0.6 is 15.9 Å². The van der Waals surface area contributed by atoms with Crippen molar-refractivity contribution < 1.29 is 0 Å². The molecule has 1 saturated heterocycles. The Morgan fingerprint density at radius 2 is 2.05 bits per heavy atom. The Labute approximate surface area is 137 Å². The molecule has 0 amide bonds. The van der Waals surface area contributed by atoms with Gasteiger partial charge in [-0.15, -0.1) is 0 Å². The molecule has 0 saturated carbocycles. The lowest BCUT2D eigenvalue weighted by Crippen LogP contribution is -2.35. The van der Waals surface area contributed by atoms with Gasteiger partial charge in [0.15, 0.2) is 0 Å². The molecule has 2 N–H and O–H groups in total. The molecule has 0 radical (unpaired) electrons. The molecule has 1 aliphatic heterocycles. The minimum atomic E-state index is 0.208. The van der Waals surface area contributed by atoms with Crippen LogP contribution in [-0.4, -0.2) is 44.7 Å². The predicted octanol–water partition coefficient (Wildman–Crippen LogP) is 3.12. The molecule has 1 aliphatic rings. The normalized spacial score (nSPS) is 18.7. The van der Waals surface area contributed by atoms with Crippen LogP contribution in [0.4, 0.5) is 5.69 Å². The number of nitrogens with zero attached hydrogens (tertiary/aromatic N) is 2. The molecular formula is C17H28BrN3. The summed E-state index contributed by atoms with van der Waals surface area (Å²) in [6.45, 7) is 5.65. The number of nitrogens with two attached hydrogens (primary N) is 1. The van der Waals surface area contributed by atoms with E-state index in [1.807, 2.05) is 6.92 Å². The summed E-state index contributed by atoms with van der Waals surface area (Å²) < 4.78 is 1.18. The monoisotopic (exact) mass is 353 g/mol. The quantitative estimate of drug-likeness (QED) is 0.882. The Hall–Kier alpha value is -0.580. The summed E-state index contributed by atoms with van der Waals surface area (Å²) in [7, 11) is 4.41. The van der Waals surface area contributed by atoms with Gasteiger partial charge in [0, 0.05) is 24.1 Å². The van der Waals surface area contributed by atoms with Gasteiger partial charge in [-0.2, -0.15) is 0 Å². The van der Waals surface area contributed by atoms with E-state index < -0.39 is 0 Å². The lowest BCUT2D eigenvalue weighted by Gasteiger charge is -2.32. The third-order valence-electron chi connectivity index (χ3n) is 4.35. The van der Waals surface area contributed by atoms with Gasteiger partial charge in [-0.05, 0) is 85.9 Å². The van der Waals surface area contributed by atoms with Crippen molar-refractivity contribution in [3.05, 3.63) is 28.2 Å². The summed E-state index contributed by atoms with van der Waals surface area (Å²) in [6, 6.07) is 6.84. The summed E-state index contributed by atoms with van der Waals surface area (Å²) in [5.74, 6) is 0.807. The Balaban J connectivity index is 1.97. The first-order valence-corrected chi connectivity index (χ1v) is 8.68. The van der Waals surface area contributed by atoms with E-state index in [0.717, 1.165) is 18.9 Å². The maximum absolute atomic E-state index is 5.88. The van der Waals surface area contributed by atoms with Gasteiger partial charge >= 0.3 is 0 Å². The summed E-state index contributed by atoms with van der Waals surface area (Å²) in [6.07, 6.45) is 3.54. The molecule has 1 heterocycles. The second-order valence-electron chi connectivity index (χ2n) is 6.59. The molecule has 1 unspecified atom stereocenters. The first-order chi connectivity index (χ1) is 9.95. The largest absolute Gasteiger partial charge is 0.373 e. The highest BCUT2D eigenvalue weighted by Crippen LogP contribution is 2.29. The summed E-state index contributed by atoms with van der Waals surface area (Å²) in [4.78, 5) is 4.81. The molecule has 2 rings (SSSR count). The molecular weight excluding hydrogens is 326 g/mol. The number of benzene rings is 1. The average Bonchev–Trinajstić information content (AvgIpc) is 2.40. The lowest BCUT2D eigenvalue weighted by atomic mass is 9.96. The van der Waals surface area contributed by atoms with Crippen molar-refractivity contribution in [2.24, 2.45) is 11.7 Å². The van der Waals surface area contributed by atoms with E-state index in [9.17, 15) is 0 Å². The highest BCUT2D eigenvalue weighted by atomic mass is 79.9. The molecule has 118 valence electrons. The zero-order chi connectivity index (χ0) is 15.4. The highest BCUT2D eigenvalue weighted by molar-refractivity contribution is 9.10. The number of likely N-dealkylation sites (tertiary alicyclic amines) is 1. The Morgan fingerprint density at radius 3 is 2.62 bits per heavy atom. The molecule has 3 nitrogen and oxygen atoms in total. The van der Waals surface area contributed by atoms with Crippen LogP contribution in [0.1, 0.15) is 25.3 Å². The third kappa shape index (κ3) is 4.97. The van der Waals surface area contributed by atoms with Gasteiger partial charge in [-0.1, -0.05) is 6.07 Å². The van der Waals surface area contributed by atoms with Crippen LogP contribution in [0.25, 0.3) is 0 Å². The van der Waals surface area contributed by atoms with Crippen molar-refractivity contribution in [3.63, 3.8) is 0 Å². The van der Waals surface area contributed by atoms with Crippen molar-refractivity contribution in [1.29, 1.82) is 0 Å². The van der Waals surface area contributed by atoms with Crippen molar-refractivity contribution in [1.82, 2.24) is 4.90 Å². The van der Waals surface area contributed by atoms with E-state index in [1.165, 1.54) is 41.7 Å². The zero-order valence-electron chi connectivity index (χ0n) is 13.5. The number of halogens is 1. The van der Waals surface area contributed by atoms with Crippen LogP contribution in [0.2, 0.25) is 0 Å². The SMILES string of the molecule is CC(N)Cc1ccc(N(C)CC2CCN(C)CC2)c(Br)c1. The van der Waals surface area contributed by atoms with Crippen molar-refractivity contribution in [2.45, 2.75) is 32.2 Å². The number of piperidine rings is 1. The van der Waals surface area contributed by atoms with Gasteiger partial charge in [0.05, 0.1) is 5.69 Å². The second kappa shape index (κ2) is 7.61. The van der Waals surface area contributed by atoms with Crippen molar-refractivity contribution >= 4 is 21.6 Å². The number of hydrogen-bond donors (Lipinski definition) is 1. The zero-order valence-corrected chi connectivity index (χ0v) is 15.1. The fraction of sp³-hybridized carbons (Fsp3) is 0.647. The van der Waals surface area contributed by atoms with Gasteiger partial charge in [-0.3, -0.25) is 0 Å². The Kier molecular flexibility index (Phi) is 6.08. The molecule has 1 fully saturated rings. The maximum Gasteiger partial charge on any atom is 0.0508 e. The molecule has 0 spiro atoms. The number of anilines is 1. The van der Waals surface area contributed by atoms with Crippen LogP contribution in [-0.2, 0) is 6.42 Å². The smallest absolute Gasteiger partial charge is 0.0508 e. The molecule has 0 bridgehead atoms. The standard InChI is InChI=1S/C17H28BrN3/c1-13(19)10-15-4-5-17(16(18)11-15)21(3)12-14-6-8-20(2)9-7-14/h4-5,11,13-14H,6-10,12,19H2,1-3H3. The lowest BCUT2D eigenvalue weighted by molar-refractivity contribution is 0.222. The van der Waals surface area contributed by atoms with E-state index in [1.54, 1.807) is 0 Å². The molecule has 1 aromatic carbocycles. The molecule has 0 aliphatic carbocycles. The van der Waals surface area contributed by atoms with Crippen LogP contribution in [0.5, 0.6) is 0 Å². The average molecular weight is 354 g/mol. The molecule has 1 aromatic rings. The van der Waals surface area contributed by atoms with E-state index in [0.29, 0.717) is 0 Å². The van der Waals surface area contributed by atoms with E-state index in [-0.39, 0.29) is 6.04 Å². The number of hydrogen-bond acceptors (Lipinski definition) is 3. The van der Waals surface area contributed by atoms with Gasteiger partial charge < -0.3 is 15.5 Å². The fourth-order valence-electron chi connectivity index (χ4n) is 3.09. The second-order valence-corrected chi connectivity index (χ2v) is 7.45. The van der Waals surface area contributed by atoms with Crippen molar-refractivity contribution in [3.8, 4) is 0 Å². The van der Waals surface area contributed by atoms with Crippen LogP contribution in [0.3, 0.4) is 0 Å². The van der Waals surface area contributed by atoms with Gasteiger partial charge in [-0.25, -0.2) is 0 Å². The number of rotatable bonds is 5. The fourth-order valence-corrected chi connectivity index (χ4v) is 3.82. The molecule has 1 atom stereocenters.